The van der Waals surface area contributed by atoms with Crippen LogP contribution in [0.1, 0.15) is 16.8 Å². The first-order valence-electron chi connectivity index (χ1n) is 9.20. The summed E-state index contributed by atoms with van der Waals surface area (Å²) in [5.41, 5.74) is 1.04. The van der Waals surface area contributed by atoms with Gasteiger partial charge in [-0.05, 0) is 49.4 Å². The quantitative estimate of drug-likeness (QED) is 0.423. The summed E-state index contributed by atoms with van der Waals surface area (Å²) in [6.07, 6.45) is 1.99. The van der Waals surface area contributed by atoms with Gasteiger partial charge in [-0.25, -0.2) is 8.42 Å². The summed E-state index contributed by atoms with van der Waals surface area (Å²) in [7, 11) is -1.81. The number of ether oxygens (including phenoxy) is 2. The molecule has 3 N–H and O–H groups in total. The predicted molar refractivity (Wildman–Crippen MR) is 121 cm³/mol. The molecule has 10 heteroatoms. The number of carbonyl (C=O) groups is 1. The lowest BCUT2D eigenvalue weighted by Gasteiger charge is -2.12. The van der Waals surface area contributed by atoms with Crippen LogP contribution in [-0.4, -0.2) is 54.0 Å². The first kappa shape index (κ1) is 25.7. The molecule has 0 spiro atoms. The van der Waals surface area contributed by atoms with E-state index in [1.54, 1.807) is 49.6 Å². The maximum Gasteiger partial charge on any atom is 0.257 e. The summed E-state index contributed by atoms with van der Waals surface area (Å²) < 4.78 is 35.9. The fourth-order valence-corrected chi connectivity index (χ4v) is 3.09. The minimum absolute atomic E-state index is 0. The second-order valence-corrected chi connectivity index (χ2v) is 8.09. The van der Waals surface area contributed by atoms with Crippen LogP contribution in [0, 0.1) is 0 Å². The van der Waals surface area contributed by atoms with E-state index in [4.69, 9.17) is 9.47 Å². The van der Waals surface area contributed by atoms with E-state index in [9.17, 15) is 13.2 Å². The van der Waals surface area contributed by atoms with Crippen LogP contribution in [0.15, 0.2) is 48.5 Å². The summed E-state index contributed by atoms with van der Waals surface area (Å²) in [5.74, 6) is 0.284. The largest absolute Gasteiger partial charge is 0.492 e. The Hall–Kier alpha value is -2.33. The van der Waals surface area contributed by atoms with Crippen LogP contribution in [0.2, 0.25) is 0 Å². The Kier molecular flexibility index (Phi) is 11.2. The molecular weight excluding hydrogens is 430 g/mol. The van der Waals surface area contributed by atoms with E-state index in [0.717, 1.165) is 32.4 Å². The molecule has 0 bridgehead atoms. The van der Waals surface area contributed by atoms with Crippen LogP contribution in [0.4, 0.5) is 11.4 Å². The van der Waals surface area contributed by atoms with E-state index in [1.165, 1.54) is 6.07 Å². The third-order valence-corrected chi connectivity index (χ3v) is 4.42. The van der Waals surface area contributed by atoms with Crippen molar-refractivity contribution in [2.45, 2.75) is 6.42 Å². The Labute approximate surface area is 183 Å². The summed E-state index contributed by atoms with van der Waals surface area (Å²) in [4.78, 5) is 12.5. The van der Waals surface area contributed by atoms with Crippen molar-refractivity contribution in [2.24, 2.45) is 0 Å². The number of rotatable bonds is 12. The Morgan fingerprint density at radius 2 is 1.70 bits per heavy atom. The monoisotopic (exact) mass is 457 g/mol. The molecule has 0 radical (unpaired) electrons. The molecule has 0 saturated heterocycles. The molecule has 1 amide bonds. The molecule has 30 heavy (non-hydrogen) atoms. The molecule has 2 aromatic rings. The van der Waals surface area contributed by atoms with Gasteiger partial charge in [0.15, 0.2) is 0 Å². The van der Waals surface area contributed by atoms with Gasteiger partial charge in [0.05, 0.1) is 17.5 Å². The van der Waals surface area contributed by atoms with Crippen molar-refractivity contribution in [3.8, 4) is 5.75 Å². The van der Waals surface area contributed by atoms with Crippen LogP contribution in [0.3, 0.4) is 0 Å². The van der Waals surface area contributed by atoms with E-state index in [1.807, 2.05) is 0 Å². The second kappa shape index (κ2) is 13.1. The molecule has 8 nitrogen and oxygen atoms in total. The van der Waals surface area contributed by atoms with E-state index in [2.05, 4.69) is 15.4 Å². The zero-order valence-electron chi connectivity index (χ0n) is 17.0. The number of amides is 1. The van der Waals surface area contributed by atoms with Crippen molar-refractivity contribution in [1.29, 1.82) is 0 Å². The van der Waals surface area contributed by atoms with E-state index >= 15 is 0 Å². The number of hydrogen-bond acceptors (Lipinski definition) is 6. The Morgan fingerprint density at radius 1 is 1.00 bits per heavy atom. The van der Waals surface area contributed by atoms with Crippen LogP contribution < -0.4 is 20.1 Å². The first-order chi connectivity index (χ1) is 13.9. The van der Waals surface area contributed by atoms with Crippen LogP contribution in [0.5, 0.6) is 5.75 Å². The number of para-hydroxylation sites is 1. The Balaban J connectivity index is 0.00000450. The number of carbonyl (C=O) groups excluding carboxylic acids is 1. The van der Waals surface area contributed by atoms with Gasteiger partial charge in [-0.1, -0.05) is 12.1 Å². The van der Waals surface area contributed by atoms with Crippen LogP contribution >= 0.6 is 12.4 Å². The van der Waals surface area contributed by atoms with E-state index in [-0.39, 0.29) is 23.7 Å². The topological polar surface area (TPSA) is 106 Å². The smallest absolute Gasteiger partial charge is 0.257 e. The highest BCUT2D eigenvalue weighted by Crippen LogP contribution is 2.20. The molecule has 0 aromatic heterocycles. The second-order valence-electron chi connectivity index (χ2n) is 6.34. The lowest BCUT2D eigenvalue weighted by molar-refractivity contribution is 0.102. The number of nitrogens with one attached hydrogen (secondary N) is 3. The number of benzene rings is 2. The van der Waals surface area contributed by atoms with Crippen molar-refractivity contribution in [1.82, 2.24) is 5.32 Å². The lowest BCUT2D eigenvalue weighted by atomic mass is 10.1. The molecule has 2 aromatic carbocycles. The van der Waals surface area contributed by atoms with Gasteiger partial charge < -0.3 is 20.1 Å². The van der Waals surface area contributed by atoms with Crippen LogP contribution in [0.25, 0.3) is 0 Å². The Morgan fingerprint density at radius 3 is 2.37 bits per heavy atom. The molecule has 0 saturated carbocycles. The third-order valence-electron chi connectivity index (χ3n) is 3.83. The summed E-state index contributed by atoms with van der Waals surface area (Å²) >= 11 is 0. The number of sulfonamides is 1. The molecular formula is C20H28ClN3O5S. The summed E-state index contributed by atoms with van der Waals surface area (Å²) in [6, 6.07) is 13.4. The molecule has 0 aliphatic heterocycles. The van der Waals surface area contributed by atoms with E-state index in [0.29, 0.717) is 18.0 Å². The normalized spacial score (nSPS) is 10.7. The highest BCUT2D eigenvalue weighted by atomic mass is 35.5. The first-order valence-corrected chi connectivity index (χ1v) is 11.1. The summed E-state index contributed by atoms with van der Waals surface area (Å²) in [6.45, 7) is 2.86. The number of halogens is 1. The van der Waals surface area contributed by atoms with Crippen LogP contribution in [-0.2, 0) is 14.8 Å². The van der Waals surface area contributed by atoms with Crippen molar-refractivity contribution in [3.63, 3.8) is 0 Å². The standard InChI is InChI=1S/C20H27N3O5S.ClH/c1-27-14-5-12-21-13-15-28-17-10-8-16(9-11-17)22-20(24)18-6-3-4-7-19(18)23-29(2,25)26;/h3-4,6-11,21,23H,5,12-15H2,1-2H3,(H,22,24);1H. The maximum atomic E-state index is 12.5. The molecule has 0 heterocycles. The molecule has 2 rings (SSSR count). The van der Waals surface area contributed by atoms with Crippen molar-refractivity contribution >= 4 is 39.7 Å². The zero-order valence-corrected chi connectivity index (χ0v) is 18.6. The number of hydrogen-bond donors (Lipinski definition) is 3. The van der Waals surface area contributed by atoms with Crippen molar-refractivity contribution < 1.29 is 22.7 Å². The minimum atomic E-state index is -3.49. The highest BCUT2D eigenvalue weighted by Gasteiger charge is 2.13. The third kappa shape index (κ3) is 9.45. The average molecular weight is 458 g/mol. The van der Waals surface area contributed by atoms with Gasteiger partial charge >= 0.3 is 0 Å². The van der Waals surface area contributed by atoms with Gasteiger partial charge in [-0.2, -0.15) is 0 Å². The van der Waals surface area contributed by atoms with Crippen molar-refractivity contribution in [2.75, 3.05) is 49.7 Å². The maximum absolute atomic E-state index is 12.5. The highest BCUT2D eigenvalue weighted by molar-refractivity contribution is 7.92. The minimum Gasteiger partial charge on any atom is -0.492 e. The average Bonchev–Trinajstić information content (AvgIpc) is 2.67. The van der Waals surface area contributed by atoms with Gasteiger partial charge in [-0.3, -0.25) is 9.52 Å². The van der Waals surface area contributed by atoms with Gasteiger partial charge in [0, 0.05) is 25.9 Å². The van der Waals surface area contributed by atoms with Gasteiger partial charge in [-0.15, -0.1) is 12.4 Å². The van der Waals surface area contributed by atoms with E-state index < -0.39 is 15.9 Å². The fraction of sp³-hybridized carbons (Fsp3) is 0.350. The Bertz CT molecular complexity index is 892. The predicted octanol–water partition coefficient (Wildman–Crippen LogP) is 2.74. The molecule has 0 unspecified atom stereocenters. The van der Waals surface area contributed by atoms with Gasteiger partial charge in [0.25, 0.3) is 5.91 Å². The SMILES string of the molecule is COCCCNCCOc1ccc(NC(=O)c2ccccc2NS(C)(=O)=O)cc1.Cl. The molecule has 0 aliphatic carbocycles. The molecule has 0 atom stereocenters. The number of anilines is 2. The zero-order chi connectivity index (χ0) is 21.1. The van der Waals surface area contributed by atoms with Gasteiger partial charge in [0.2, 0.25) is 10.0 Å². The fourth-order valence-electron chi connectivity index (χ4n) is 2.51. The lowest BCUT2D eigenvalue weighted by Crippen LogP contribution is -2.22. The molecule has 166 valence electrons. The van der Waals surface area contributed by atoms with Gasteiger partial charge in [0.1, 0.15) is 12.4 Å². The summed E-state index contributed by atoms with van der Waals surface area (Å²) in [5, 5.41) is 6.01. The molecule has 0 fully saturated rings. The van der Waals surface area contributed by atoms with Crippen molar-refractivity contribution in [3.05, 3.63) is 54.1 Å². The number of methoxy groups -OCH3 is 1. The molecule has 0 aliphatic rings.